The van der Waals surface area contributed by atoms with E-state index in [0.29, 0.717) is 22.5 Å². The second kappa shape index (κ2) is 28.4. The van der Waals surface area contributed by atoms with Crippen LogP contribution in [0.4, 0.5) is 32.3 Å². The number of pyridine rings is 2. The number of nitro groups is 2. The van der Waals surface area contributed by atoms with Crippen LogP contribution in [-0.4, -0.2) is 152 Å². The van der Waals surface area contributed by atoms with Gasteiger partial charge in [0, 0.05) is 64.8 Å². The Morgan fingerprint density at radius 1 is 0.560 bits per heavy atom. The summed E-state index contributed by atoms with van der Waals surface area (Å²) in [5.74, 6) is -2.36. The molecule has 8 rings (SSSR count). The molecule has 91 heavy (non-hydrogen) atoms. The first-order valence-electron chi connectivity index (χ1n) is 29.8. The van der Waals surface area contributed by atoms with Crippen LogP contribution in [0, 0.1) is 20.2 Å². The molecule has 2 aliphatic rings. The van der Waals surface area contributed by atoms with E-state index in [1.54, 1.807) is 129 Å². The Kier molecular flexibility index (Phi) is 20.9. The van der Waals surface area contributed by atoms with E-state index in [1.807, 2.05) is 52.0 Å². The van der Waals surface area contributed by atoms with Crippen LogP contribution in [0.25, 0.3) is 34.4 Å². The van der Waals surface area contributed by atoms with Gasteiger partial charge in [-0.2, -0.15) is 0 Å². The molecule has 23 heteroatoms. The summed E-state index contributed by atoms with van der Waals surface area (Å²) < 4.78 is 11.4. The zero-order chi connectivity index (χ0) is 66.2. The van der Waals surface area contributed by atoms with E-state index >= 15 is 0 Å². The summed E-state index contributed by atoms with van der Waals surface area (Å²) in [6.45, 7) is 17.6. The molecule has 22 nitrogen and oxygen atoms in total. The van der Waals surface area contributed by atoms with Crippen molar-refractivity contribution in [3.05, 3.63) is 176 Å². The number of nitrogens with zero attached hydrogens (tertiary/aromatic N) is 10. The number of aromatic nitrogens is 2. The highest BCUT2D eigenvalue weighted by atomic mass is 32.2. The maximum Gasteiger partial charge on any atom is 0.411 e. The molecule has 0 N–H and O–H groups in total. The first-order valence-corrected chi connectivity index (χ1v) is 30.6. The summed E-state index contributed by atoms with van der Waals surface area (Å²) >= 11 is 0.827. The minimum Gasteiger partial charge on any atom is -0.444 e. The number of nitro benzene ring substituents is 2. The third kappa shape index (κ3) is 15.8. The van der Waals surface area contributed by atoms with Crippen molar-refractivity contribution < 1.29 is 48.1 Å². The van der Waals surface area contributed by atoms with Gasteiger partial charge in [-0.25, -0.2) is 9.59 Å². The van der Waals surface area contributed by atoms with E-state index in [9.17, 15) is 49.0 Å². The number of anilines is 2. The summed E-state index contributed by atoms with van der Waals surface area (Å²) in [6, 6.07) is 25.0. The number of carbonyl (C=O) groups is 6. The highest BCUT2D eigenvalue weighted by Gasteiger charge is 2.42. The normalized spacial score (nSPS) is 15.5. The minimum atomic E-state index is -1.16. The van der Waals surface area contributed by atoms with E-state index in [1.165, 1.54) is 78.2 Å². The zero-order valence-corrected chi connectivity index (χ0v) is 54.0. The fourth-order valence-electron chi connectivity index (χ4n) is 10.9. The van der Waals surface area contributed by atoms with Gasteiger partial charge in [0.15, 0.2) is 0 Å². The van der Waals surface area contributed by atoms with Crippen LogP contribution in [0.15, 0.2) is 144 Å². The molecule has 2 aliphatic heterocycles. The third-order valence-corrected chi connectivity index (χ3v) is 16.5. The van der Waals surface area contributed by atoms with Gasteiger partial charge >= 0.3 is 12.2 Å². The Morgan fingerprint density at radius 2 is 0.934 bits per heavy atom. The van der Waals surface area contributed by atoms with Gasteiger partial charge in [0.1, 0.15) is 23.3 Å². The number of piperazine rings is 2. The number of hydrogen-bond acceptors (Lipinski definition) is 15. The van der Waals surface area contributed by atoms with E-state index in [2.05, 4.69) is 9.97 Å². The van der Waals surface area contributed by atoms with Gasteiger partial charge in [0.2, 0.25) is 11.8 Å². The zero-order valence-electron chi connectivity index (χ0n) is 53.2. The second-order valence-corrected chi connectivity index (χ2v) is 25.8. The second-order valence-electron chi connectivity index (χ2n) is 24.7. The molecule has 0 radical (unpaired) electrons. The molecule has 0 aliphatic carbocycles. The van der Waals surface area contributed by atoms with Crippen LogP contribution in [0.1, 0.15) is 103 Å². The van der Waals surface area contributed by atoms with Crippen molar-refractivity contribution in [2.75, 3.05) is 63.2 Å². The first-order chi connectivity index (χ1) is 43.0. The van der Waals surface area contributed by atoms with Gasteiger partial charge in [-0.15, -0.1) is 0 Å². The molecule has 2 unspecified atom stereocenters. The Labute approximate surface area is 533 Å². The highest BCUT2D eigenvalue weighted by Crippen LogP contribution is 2.50. The lowest BCUT2D eigenvalue weighted by atomic mass is 9.89. The summed E-state index contributed by atoms with van der Waals surface area (Å²) in [5, 5.41) is 27.7. The Morgan fingerprint density at radius 3 is 1.26 bits per heavy atom. The Bertz CT molecular complexity index is 3560. The maximum absolute atomic E-state index is 14.4. The Hall–Kier alpha value is -9.77. The van der Waals surface area contributed by atoms with Crippen LogP contribution >= 0.6 is 11.8 Å². The first kappa shape index (κ1) is 67.2. The average Bonchev–Trinajstić information content (AvgIpc) is 1.16. The number of benzene rings is 4. The van der Waals surface area contributed by atoms with E-state index in [-0.39, 0.29) is 94.5 Å². The predicted octanol–water partition coefficient (Wildman–Crippen LogP) is 12.3. The summed E-state index contributed by atoms with van der Waals surface area (Å²) in [4.78, 5) is 128. The summed E-state index contributed by atoms with van der Waals surface area (Å²) in [7, 11) is 3.10. The molecule has 4 heterocycles. The van der Waals surface area contributed by atoms with Crippen molar-refractivity contribution in [3.8, 4) is 22.3 Å². The van der Waals surface area contributed by atoms with Gasteiger partial charge in [0.05, 0.1) is 67.6 Å². The van der Waals surface area contributed by atoms with Gasteiger partial charge in [-0.1, -0.05) is 100 Å². The van der Waals surface area contributed by atoms with Crippen LogP contribution in [-0.2, 0) is 28.7 Å². The van der Waals surface area contributed by atoms with Crippen molar-refractivity contribution in [1.82, 2.24) is 29.6 Å². The molecule has 476 valence electrons. The molecule has 0 bridgehead atoms. The van der Waals surface area contributed by atoms with Gasteiger partial charge in [0.25, 0.3) is 23.2 Å². The fraction of sp³-hybridized carbons (Fsp3) is 0.353. The van der Waals surface area contributed by atoms with Gasteiger partial charge in [-0.05, 0) is 135 Å². The highest BCUT2D eigenvalue weighted by molar-refractivity contribution is 7.99. The maximum atomic E-state index is 14.4. The largest absolute Gasteiger partial charge is 0.444 e. The van der Waals surface area contributed by atoms with Crippen molar-refractivity contribution in [2.45, 2.75) is 114 Å². The predicted molar refractivity (Wildman–Crippen MR) is 349 cm³/mol. The molecule has 0 spiro atoms. The number of hydrogen-bond donors (Lipinski definition) is 0. The fourth-order valence-corrected chi connectivity index (χ4v) is 12.0. The van der Waals surface area contributed by atoms with Crippen molar-refractivity contribution in [3.63, 3.8) is 0 Å². The van der Waals surface area contributed by atoms with Crippen molar-refractivity contribution >= 4 is 82.5 Å². The molecule has 6 amide bonds. The summed E-state index contributed by atoms with van der Waals surface area (Å²) in [5.41, 5.74) is 1.72. The smallest absolute Gasteiger partial charge is 0.411 e. The topological polar surface area (TPSA) is 252 Å². The van der Waals surface area contributed by atoms with Gasteiger partial charge < -0.3 is 29.1 Å². The van der Waals surface area contributed by atoms with E-state index in [0.717, 1.165) is 22.9 Å². The molecule has 0 saturated carbocycles. The molecule has 2 fully saturated rings. The SMILES string of the molecule is CC(C)c1ccccc1-c1c(C=CC(=O)N2CCN(C(=O)OC(C)(C)C)C(C(=O)N(C)c3cccnc3)C2)ccc(Sc2ccc(C=CC(=O)N3CCN(C(=O)OC(C)(C)C)C(C(=O)N(C)c4cccnc4)C3)c(-c3ccccc3C(C)C)c2[N+](=O)[O-])c1[N+](=O)[O-]. The average molecular weight is 1260 g/mol. The lowest BCUT2D eigenvalue weighted by Crippen LogP contribution is -2.62. The number of amides is 6. The number of ether oxygens (including phenoxy) is 2. The number of carbonyl (C=O) groups excluding carboxylic acids is 6. The van der Waals surface area contributed by atoms with Crippen molar-refractivity contribution in [1.29, 1.82) is 0 Å². The van der Waals surface area contributed by atoms with Crippen LogP contribution in [0.3, 0.4) is 0 Å². The molecular weight excluding hydrogens is 1180 g/mol. The lowest BCUT2D eigenvalue weighted by molar-refractivity contribution is -0.387. The van der Waals surface area contributed by atoms with E-state index in [4.69, 9.17) is 9.47 Å². The van der Waals surface area contributed by atoms with Crippen LogP contribution in [0.2, 0.25) is 0 Å². The molecule has 6 aromatic rings. The van der Waals surface area contributed by atoms with Crippen LogP contribution < -0.4 is 9.80 Å². The van der Waals surface area contributed by atoms with Gasteiger partial charge in [-0.3, -0.25) is 59.2 Å². The molecule has 4 aromatic carbocycles. The third-order valence-electron chi connectivity index (χ3n) is 15.4. The Balaban J connectivity index is 1.18. The standard InChI is InChI=1S/C68H76N10O12S/c1-43(2)49-21-13-15-23-51(49)59-45(27-31-57(79)73-35-37-75(65(83)89-67(5,6)7)53(41-73)63(81)71(11)47-19-17-33-69-39-47)25-29-55(61(59)77(85)86)91-56-30-26-46(60(62(56)78(87)88)52-24-16-14-22-50(52)44(3)4)28-32-58(80)74-36-38-76(66(84)90-68(8,9)10)54(42-74)64(82)72(12)48-20-18-34-70-40-48/h13-34,39-40,43-44,53-54H,35-38,41-42H2,1-12H3. The molecular formula is C68H76N10O12S. The van der Waals surface area contributed by atoms with Crippen molar-refractivity contribution in [2.24, 2.45) is 0 Å². The number of likely N-dealkylation sites (N-methyl/N-ethyl adjacent to an activating group) is 2. The van der Waals surface area contributed by atoms with E-state index < -0.39 is 68.9 Å². The quantitative estimate of drug-likeness (QED) is 0.0496. The molecule has 2 atom stereocenters. The lowest BCUT2D eigenvalue weighted by Gasteiger charge is -2.41. The molecule has 2 aromatic heterocycles. The number of rotatable bonds is 16. The monoisotopic (exact) mass is 1260 g/mol. The van der Waals surface area contributed by atoms with Crippen LogP contribution in [0.5, 0.6) is 0 Å². The summed E-state index contributed by atoms with van der Waals surface area (Å²) in [6.07, 6.45) is 10.2. The minimum absolute atomic E-state index is 0.0259. The molecule has 2 saturated heterocycles.